The molecule has 0 saturated heterocycles. The summed E-state index contributed by atoms with van der Waals surface area (Å²) in [5, 5.41) is 0.505. The number of halogens is 1. The number of nitrogens with zero attached hydrogens (tertiary/aromatic N) is 2. The van der Waals surface area contributed by atoms with Crippen LogP contribution in [0, 0.1) is 13.8 Å². The first-order valence-electron chi connectivity index (χ1n) is 4.81. The van der Waals surface area contributed by atoms with Crippen molar-refractivity contribution in [3.63, 3.8) is 0 Å². The number of carbonyl (C=O) groups excluding carboxylic acids is 1. The largest absolute Gasteiger partial charge is 0.333 e. The minimum Gasteiger partial charge on any atom is -0.333 e. The van der Waals surface area contributed by atoms with Crippen LogP contribution in [0.2, 0.25) is 5.02 Å². The van der Waals surface area contributed by atoms with Crippen molar-refractivity contribution in [3.05, 3.63) is 34.2 Å². The van der Waals surface area contributed by atoms with Gasteiger partial charge in [-0.3, -0.25) is 4.79 Å². The third-order valence-corrected chi connectivity index (χ3v) is 2.59. The predicted molar refractivity (Wildman–Crippen MR) is 65.2 cm³/mol. The van der Waals surface area contributed by atoms with Gasteiger partial charge in [0.05, 0.1) is 10.7 Å². The first kappa shape index (κ1) is 12.7. The molecule has 0 aromatic carbocycles. The number of aryl methyl sites for hydroxylation is 2. The molecule has 86 valence electrons. The van der Waals surface area contributed by atoms with Crippen LogP contribution in [0.4, 0.5) is 0 Å². The summed E-state index contributed by atoms with van der Waals surface area (Å²) < 4.78 is 1.83. The second-order valence-electron chi connectivity index (χ2n) is 3.22. The molecule has 2 heterocycles. The van der Waals surface area contributed by atoms with E-state index in [9.17, 15) is 4.79 Å². The number of imidazole rings is 1. The molecule has 0 atom stereocenters. The molecular formula is C11H14ClN3O. The van der Waals surface area contributed by atoms with Gasteiger partial charge in [0.1, 0.15) is 0 Å². The van der Waals surface area contributed by atoms with Crippen LogP contribution < -0.4 is 5.73 Å². The van der Waals surface area contributed by atoms with Gasteiger partial charge in [-0.2, -0.15) is 0 Å². The molecular weight excluding hydrogens is 226 g/mol. The maximum atomic E-state index is 10.6. The number of hydrogen-bond acceptors (Lipinski definition) is 3. The summed E-state index contributed by atoms with van der Waals surface area (Å²) in [5.41, 5.74) is 7.69. The van der Waals surface area contributed by atoms with Gasteiger partial charge in [-0.1, -0.05) is 11.6 Å². The van der Waals surface area contributed by atoms with Crippen LogP contribution in [-0.4, -0.2) is 22.7 Å². The van der Waals surface area contributed by atoms with E-state index in [1.807, 2.05) is 18.2 Å². The highest BCUT2D eigenvalue weighted by molar-refractivity contribution is 6.33. The summed E-state index contributed by atoms with van der Waals surface area (Å²) in [7, 11) is 1.50. The van der Waals surface area contributed by atoms with E-state index < -0.39 is 0 Å². The van der Waals surface area contributed by atoms with Gasteiger partial charge in [-0.25, -0.2) is 4.98 Å². The van der Waals surface area contributed by atoms with Gasteiger partial charge < -0.3 is 10.1 Å². The van der Waals surface area contributed by atoms with E-state index in [2.05, 4.69) is 10.7 Å². The first-order valence-corrected chi connectivity index (χ1v) is 5.19. The average Bonchev–Trinajstić information content (AvgIpc) is 2.59. The molecule has 16 heavy (non-hydrogen) atoms. The van der Waals surface area contributed by atoms with Crippen molar-refractivity contribution >= 4 is 23.5 Å². The van der Waals surface area contributed by atoms with E-state index in [4.69, 9.17) is 11.6 Å². The summed E-state index contributed by atoms with van der Waals surface area (Å²) in [5.74, 6) is 0. The van der Waals surface area contributed by atoms with Crippen LogP contribution in [0.15, 0.2) is 12.3 Å². The molecule has 0 aliphatic heterocycles. The van der Waals surface area contributed by atoms with E-state index in [1.165, 1.54) is 7.05 Å². The van der Waals surface area contributed by atoms with Crippen molar-refractivity contribution < 1.29 is 4.79 Å². The lowest BCUT2D eigenvalue weighted by molar-refractivity contribution is 0.112. The summed E-state index contributed by atoms with van der Waals surface area (Å²) in [4.78, 5) is 14.9. The van der Waals surface area contributed by atoms with Crippen molar-refractivity contribution in [3.8, 4) is 0 Å². The van der Waals surface area contributed by atoms with Crippen molar-refractivity contribution in [2.75, 3.05) is 7.05 Å². The third kappa shape index (κ3) is 2.08. The zero-order valence-electron chi connectivity index (χ0n) is 9.49. The number of nitrogens with two attached hydrogens (primary N) is 1. The molecule has 5 heteroatoms. The van der Waals surface area contributed by atoms with E-state index in [0.717, 1.165) is 17.7 Å². The minimum absolute atomic E-state index is 0.505. The maximum Gasteiger partial charge on any atom is 0.156 e. The molecule has 0 radical (unpaired) electrons. The number of fused-ring (bicyclic) bond motifs is 1. The second-order valence-corrected chi connectivity index (χ2v) is 3.62. The van der Waals surface area contributed by atoms with Gasteiger partial charge in [0, 0.05) is 17.5 Å². The Balaban J connectivity index is 0.000000606. The molecule has 2 rings (SSSR count). The summed E-state index contributed by atoms with van der Waals surface area (Å²) in [6.45, 7) is 3.86. The van der Waals surface area contributed by atoms with Crippen molar-refractivity contribution in [2.45, 2.75) is 13.8 Å². The van der Waals surface area contributed by atoms with Crippen LogP contribution in [0.5, 0.6) is 0 Å². The van der Waals surface area contributed by atoms with Crippen molar-refractivity contribution in [2.24, 2.45) is 5.73 Å². The quantitative estimate of drug-likeness (QED) is 0.775. The lowest BCUT2D eigenvalue weighted by Crippen LogP contribution is -1.92. The summed E-state index contributed by atoms with van der Waals surface area (Å²) >= 11 is 5.98. The molecule has 0 fully saturated rings. The Hall–Kier alpha value is -1.39. The van der Waals surface area contributed by atoms with Gasteiger partial charge in [-0.15, -0.1) is 0 Å². The van der Waals surface area contributed by atoms with Crippen LogP contribution in [-0.2, 0) is 0 Å². The summed E-state index contributed by atoms with van der Waals surface area (Å²) in [6, 6.07) is 1.62. The van der Waals surface area contributed by atoms with Gasteiger partial charge in [0.2, 0.25) is 0 Å². The Morgan fingerprint density at radius 3 is 2.62 bits per heavy atom. The lowest BCUT2D eigenvalue weighted by Gasteiger charge is -1.99. The minimum atomic E-state index is 0.505. The van der Waals surface area contributed by atoms with Crippen molar-refractivity contribution in [1.29, 1.82) is 0 Å². The van der Waals surface area contributed by atoms with Gasteiger partial charge >= 0.3 is 0 Å². The Bertz CT molecular complexity index is 519. The maximum absolute atomic E-state index is 10.6. The van der Waals surface area contributed by atoms with E-state index in [-0.39, 0.29) is 0 Å². The topological polar surface area (TPSA) is 60.4 Å². The van der Waals surface area contributed by atoms with Gasteiger partial charge in [0.25, 0.3) is 0 Å². The molecule has 2 N–H and O–H groups in total. The molecule has 2 aromatic rings. The zero-order chi connectivity index (χ0) is 12.3. The highest BCUT2D eigenvalue weighted by atomic mass is 35.5. The Morgan fingerprint density at radius 2 is 2.06 bits per heavy atom. The average molecular weight is 240 g/mol. The third-order valence-electron chi connectivity index (χ3n) is 2.31. The standard InChI is InChI=1S/C10H9ClN2O.CH5N/c1-6-7(2)13-4-8(5-14)3-9(11)10(13)12-6;1-2/h3-5H,1-2H3;2H2,1H3. The smallest absolute Gasteiger partial charge is 0.156 e. The van der Waals surface area contributed by atoms with Crippen LogP contribution in [0.3, 0.4) is 0 Å². The van der Waals surface area contributed by atoms with Crippen LogP contribution in [0.1, 0.15) is 21.7 Å². The molecule has 0 bridgehead atoms. The van der Waals surface area contributed by atoms with E-state index in [0.29, 0.717) is 16.2 Å². The fraction of sp³-hybridized carbons (Fsp3) is 0.273. The Morgan fingerprint density at radius 1 is 1.44 bits per heavy atom. The number of carbonyl (C=O) groups is 1. The molecule has 0 amide bonds. The number of rotatable bonds is 1. The SMILES string of the molecule is CN.Cc1nc2c(Cl)cc(C=O)cn2c1C. The molecule has 4 nitrogen and oxygen atoms in total. The molecule has 0 unspecified atom stereocenters. The fourth-order valence-electron chi connectivity index (χ4n) is 1.41. The van der Waals surface area contributed by atoms with Crippen molar-refractivity contribution in [1.82, 2.24) is 9.38 Å². The van der Waals surface area contributed by atoms with Crippen LogP contribution >= 0.6 is 11.6 Å². The van der Waals surface area contributed by atoms with E-state index >= 15 is 0 Å². The predicted octanol–water partition coefficient (Wildman–Crippen LogP) is 1.99. The van der Waals surface area contributed by atoms with Gasteiger partial charge in [-0.05, 0) is 27.0 Å². The highest BCUT2D eigenvalue weighted by Gasteiger charge is 2.08. The fourth-order valence-corrected chi connectivity index (χ4v) is 1.67. The normalized spacial score (nSPS) is 9.81. The first-order chi connectivity index (χ1) is 7.63. The number of pyridine rings is 1. The van der Waals surface area contributed by atoms with E-state index in [1.54, 1.807) is 12.3 Å². The molecule has 2 aromatic heterocycles. The zero-order valence-corrected chi connectivity index (χ0v) is 10.2. The van der Waals surface area contributed by atoms with Crippen LogP contribution in [0.25, 0.3) is 5.65 Å². The second kappa shape index (κ2) is 5.09. The number of hydrogen-bond donors (Lipinski definition) is 1. The highest BCUT2D eigenvalue weighted by Crippen LogP contribution is 2.20. The molecule has 0 aliphatic carbocycles. The number of aldehydes is 1. The Kier molecular flexibility index (Phi) is 4.04. The summed E-state index contributed by atoms with van der Waals surface area (Å²) in [6.07, 6.45) is 2.52. The Labute approximate surface area is 99.0 Å². The molecule has 0 saturated carbocycles. The molecule has 0 spiro atoms. The molecule has 0 aliphatic rings. The monoisotopic (exact) mass is 239 g/mol. The number of aromatic nitrogens is 2. The lowest BCUT2D eigenvalue weighted by atomic mass is 10.3. The van der Waals surface area contributed by atoms with Gasteiger partial charge in [0.15, 0.2) is 11.9 Å².